The average Bonchev–Trinajstić information content (AvgIpc) is 2.38. The van der Waals surface area contributed by atoms with E-state index in [0.717, 1.165) is 0 Å². The highest BCUT2D eigenvalue weighted by Gasteiger charge is 2.17. The molecule has 0 atom stereocenters. The van der Waals surface area contributed by atoms with E-state index < -0.39 is 4.92 Å². The Morgan fingerprint density at radius 3 is 2.65 bits per heavy atom. The van der Waals surface area contributed by atoms with Crippen LogP contribution in [0.5, 0.6) is 5.75 Å². The number of nitrogens with zero attached hydrogens (tertiary/aromatic N) is 1. The molecule has 17 heavy (non-hydrogen) atoms. The molecule has 1 aromatic carbocycles. The van der Waals surface area contributed by atoms with Crippen molar-refractivity contribution in [2.24, 2.45) is 5.92 Å². The smallest absolute Gasteiger partial charge is 0.310 e. The van der Waals surface area contributed by atoms with Gasteiger partial charge in [0.05, 0.1) is 11.5 Å². The Hall–Kier alpha value is -1.58. The Balaban J connectivity index is 1.96. The van der Waals surface area contributed by atoms with Crippen LogP contribution in [-0.2, 0) is 0 Å². The van der Waals surface area contributed by atoms with Gasteiger partial charge in [0.1, 0.15) is 0 Å². The van der Waals surface area contributed by atoms with Gasteiger partial charge >= 0.3 is 5.69 Å². The number of nitro benzene ring substituents is 1. The summed E-state index contributed by atoms with van der Waals surface area (Å²) < 4.78 is 5.60. The second-order valence-corrected chi connectivity index (χ2v) is 4.54. The van der Waals surface area contributed by atoms with Crippen molar-refractivity contribution in [3.63, 3.8) is 0 Å². The fourth-order valence-electron chi connectivity index (χ4n) is 2.29. The average molecular weight is 235 g/mol. The summed E-state index contributed by atoms with van der Waals surface area (Å²) in [6.07, 6.45) is 6.18. The Morgan fingerprint density at radius 1 is 1.24 bits per heavy atom. The van der Waals surface area contributed by atoms with Crippen molar-refractivity contribution in [2.75, 3.05) is 6.61 Å². The molecule has 0 unspecified atom stereocenters. The lowest BCUT2D eigenvalue weighted by molar-refractivity contribution is -0.385. The Bertz CT molecular complexity index is 386. The van der Waals surface area contributed by atoms with Gasteiger partial charge in [-0.1, -0.05) is 31.4 Å². The summed E-state index contributed by atoms with van der Waals surface area (Å²) in [5.74, 6) is 0.951. The molecule has 92 valence electrons. The molecule has 0 heterocycles. The largest absolute Gasteiger partial charge is 0.487 e. The summed E-state index contributed by atoms with van der Waals surface area (Å²) >= 11 is 0. The van der Waals surface area contributed by atoms with Crippen molar-refractivity contribution in [1.29, 1.82) is 0 Å². The quantitative estimate of drug-likeness (QED) is 0.592. The highest BCUT2D eigenvalue weighted by molar-refractivity contribution is 5.45. The standard InChI is InChI=1S/C13H17NO3/c15-14(16)12-8-4-5-9-13(12)17-10-11-6-2-1-3-7-11/h4-5,8-9,11H,1-3,6-7,10H2. The lowest BCUT2D eigenvalue weighted by Gasteiger charge is -2.21. The maximum atomic E-state index is 10.8. The van der Waals surface area contributed by atoms with Crippen LogP contribution in [0.3, 0.4) is 0 Å². The minimum absolute atomic E-state index is 0.0586. The summed E-state index contributed by atoms with van der Waals surface area (Å²) in [7, 11) is 0. The van der Waals surface area contributed by atoms with Crippen molar-refractivity contribution in [3.05, 3.63) is 34.4 Å². The molecule has 1 aliphatic rings. The van der Waals surface area contributed by atoms with Crippen LogP contribution in [0.25, 0.3) is 0 Å². The molecule has 1 saturated carbocycles. The van der Waals surface area contributed by atoms with Gasteiger partial charge in [-0.15, -0.1) is 0 Å². The molecule has 4 heteroatoms. The predicted octanol–water partition coefficient (Wildman–Crippen LogP) is 3.55. The van der Waals surface area contributed by atoms with Crippen molar-refractivity contribution >= 4 is 5.69 Å². The van der Waals surface area contributed by atoms with Crippen LogP contribution in [0.4, 0.5) is 5.69 Å². The Kier molecular flexibility index (Phi) is 3.96. The van der Waals surface area contributed by atoms with Crippen LogP contribution >= 0.6 is 0 Å². The first kappa shape index (κ1) is 11.9. The van der Waals surface area contributed by atoms with Crippen LogP contribution in [0.15, 0.2) is 24.3 Å². The minimum Gasteiger partial charge on any atom is -0.487 e. The summed E-state index contributed by atoms with van der Waals surface area (Å²) in [6, 6.07) is 6.58. The molecule has 0 aliphatic heterocycles. The molecule has 1 fully saturated rings. The van der Waals surface area contributed by atoms with E-state index in [0.29, 0.717) is 18.3 Å². The normalized spacial score (nSPS) is 16.7. The lowest BCUT2D eigenvalue weighted by Crippen LogP contribution is -2.15. The fourth-order valence-corrected chi connectivity index (χ4v) is 2.29. The molecule has 0 amide bonds. The molecule has 0 N–H and O–H groups in total. The van der Waals surface area contributed by atoms with E-state index in [1.165, 1.54) is 38.2 Å². The number of rotatable bonds is 4. The molecule has 0 radical (unpaired) electrons. The number of para-hydroxylation sites is 2. The van der Waals surface area contributed by atoms with Gasteiger partial charge in [0, 0.05) is 6.07 Å². The molecule has 4 nitrogen and oxygen atoms in total. The Morgan fingerprint density at radius 2 is 1.94 bits per heavy atom. The van der Waals surface area contributed by atoms with Gasteiger partial charge in [0.2, 0.25) is 0 Å². The number of benzene rings is 1. The highest BCUT2D eigenvalue weighted by Crippen LogP contribution is 2.29. The molecule has 0 saturated heterocycles. The van der Waals surface area contributed by atoms with Gasteiger partial charge in [0.15, 0.2) is 5.75 Å². The van der Waals surface area contributed by atoms with E-state index in [-0.39, 0.29) is 5.69 Å². The first-order valence-electron chi connectivity index (χ1n) is 6.13. The molecule has 0 bridgehead atoms. The summed E-state index contributed by atoms with van der Waals surface area (Å²) in [5.41, 5.74) is 0.0586. The van der Waals surface area contributed by atoms with Crippen LogP contribution < -0.4 is 4.74 Å². The maximum Gasteiger partial charge on any atom is 0.310 e. The second-order valence-electron chi connectivity index (χ2n) is 4.54. The number of nitro groups is 1. The lowest BCUT2D eigenvalue weighted by atomic mass is 9.90. The second kappa shape index (κ2) is 5.66. The molecule has 1 aromatic rings. The third kappa shape index (κ3) is 3.19. The predicted molar refractivity (Wildman–Crippen MR) is 65.2 cm³/mol. The van der Waals surface area contributed by atoms with Crippen LogP contribution in [0.1, 0.15) is 32.1 Å². The first-order chi connectivity index (χ1) is 8.27. The molecule has 0 aromatic heterocycles. The first-order valence-corrected chi connectivity index (χ1v) is 6.13. The third-order valence-electron chi connectivity index (χ3n) is 3.26. The topological polar surface area (TPSA) is 52.4 Å². The molecule has 2 rings (SSSR count). The number of hydrogen-bond donors (Lipinski definition) is 0. The van der Waals surface area contributed by atoms with Gasteiger partial charge in [0.25, 0.3) is 0 Å². The van der Waals surface area contributed by atoms with Gasteiger partial charge < -0.3 is 4.74 Å². The summed E-state index contributed by atoms with van der Waals surface area (Å²) in [6.45, 7) is 0.602. The monoisotopic (exact) mass is 235 g/mol. The van der Waals surface area contributed by atoms with Gasteiger partial charge in [-0.25, -0.2) is 0 Å². The molecular weight excluding hydrogens is 218 g/mol. The molecular formula is C13H17NO3. The van der Waals surface area contributed by atoms with E-state index in [4.69, 9.17) is 4.74 Å². The number of ether oxygens (including phenoxy) is 1. The zero-order chi connectivity index (χ0) is 12.1. The fraction of sp³-hybridized carbons (Fsp3) is 0.538. The van der Waals surface area contributed by atoms with E-state index >= 15 is 0 Å². The van der Waals surface area contributed by atoms with Crippen molar-refractivity contribution < 1.29 is 9.66 Å². The van der Waals surface area contributed by atoms with Crippen LogP contribution in [-0.4, -0.2) is 11.5 Å². The maximum absolute atomic E-state index is 10.8. The zero-order valence-corrected chi connectivity index (χ0v) is 9.80. The zero-order valence-electron chi connectivity index (χ0n) is 9.80. The Labute approximate surface area is 101 Å². The van der Waals surface area contributed by atoms with E-state index in [1.54, 1.807) is 18.2 Å². The van der Waals surface area contributed by atoms with Crippen molar-refractivity contribution in [3.8, 4) is 5.75 Å². The van der Waals surface area contributed by atoms with E-state index in [9.17, 15) is 10.1 Å². The van der Waals surface area contributed by atoms with Crippen molar-refractivity contribution in [2.45, 2.75) is 32.1 Å². The van der Waals surface area contributed by atoms with Gasteiger partial charge in [-0.3, -0.25) is 10.1 Å². The van der Waals surface area contributed by atoms with Crippen LogP contribution in [0, 0.1) is 16.0 Å². The third-order valence-corrected chi connectivity index (χ3v) is 3.26. The van der Waals surface area contributed by atoms with Crippen LogP contribution in [0.2, 0.25) is 0 Å². The highest BCUT2D eigenvalue weighted by atomic mass is 16.6. The van der Waals surface area contributed by atoms with Crippen molar-refractivity contribution in [1.82, 2.24) is 0 Å². The summed E-state index contributed by atoms with van der Waals surface area (Å²) in [4.78, 5) is 10.4. The SMILES string of the molecule is O=[N+]([O-])c1ccccc1OCC1CCCCC1. The van der Waals surface area contributed by atoms with E-state index in [1.807, 2.05) is 0 Å². The van der Waals surface area contributed by atoms with Gasteiger partial charge in [-0.05, 0) is 24.8 Å². The number of hydrogen-bond acceptors (Lipinski definition) is 3. The molecule has 0 spiro atoms. The van der Waals surface area contributed by atoms with E-state index in [2.05, 4.69) is 0 Å². The summed E-state index contributed by atoms with van der Waals surface area (Å²) in [5, 5.41) is 10.8. The minimum atomic E-state index is -0.393. The van der Waals surface area contributed by atoms with Gasteiger partial charge in [-0.2, -0.15) is 0 Å². The molecule has 1 aliphatic carbocycles.